The van der Waals surface area contributed by atoms with Crippen LogP contribution in [0.1, 0.15) is 18.4 Å². The molecule has 0 radical (unpaired) electrons. The maximum absolute atomic E-state index is 13.8. The molecular formula is C28H35FN6O2. The van der Waals surface area contributed by atoms with Gasteiger partial charge in [0.25, 0.3) is 5.56 Å². The van der Waals surface area contributed by atoms with Gasteiger partial charge in [-0.2, -0.15) is 0 Å². The van der Waals surface area contributed by atoms with Gasteiger partial charge in [0.15, 0.2) is 0 Å². The summed E-state index contributed by atoms with van der Waals surface area (Å²) >= 11 is 0. The Hall–Kier alpha value is -3.01. The molecular weight excluding hydrogens is 471 g/mol. The summed E-state index contributed by atoms with van der Waals surface area (Å²) in [4.78, 5) is 23.8. The topological polar surface area (TPSA) is 79.9 Å². The van der Waals surface area contributed by atoms with Crippen LogP contribution >= 0.6 is 0 Å². The highest BCUT2D eigenvalue weighted by Crippen LogP contribution is 2.31. The summed E-state index contributed by atoms with van der Waals surface area (Å²) in [6.45, 7) is 7.37. The van der Waals surface area contributed by atoms with Gasteiger partial charge in [-0.15, -0.1) is 0 Å². The van der Waals surface area contributed by atoms with Gasteiger partial charge < -0.3 is 20.3 Å². The van der Waals surface area contributed by atoms with E-state index >= 15 is 0 Å². The number of alkyl halides is 1. The van der Waals surface area contributed by atoms with Gasteiger partial charge in [0.1, 0.15) is 11.8 Å². The number of anilines is 2. The maximum atomic E-state index is 13.8. The summed E-state index contributed by atoms with van der Waals surface area (Å²) in [7, 11) is 1.77. The highest BCUT2D eigenvalue weighted by Gasteiger charge is 2.34. The molecule has 9 heteroatoms. The molecule has 3 fully saturated rings. The number of aryl methyl sites for hydroxylation is 1. The fourth-order valence-electron chi connectivity index (χ4n) is 6.04. The standard InChI is InChI=1S/C28H35FN6O2/c1-18-11-35(26-10-27(36)32(2)28-23(26)4-3-9-31-28)15-22(37-18)14-33-12-20(13-33)19-5-7-21(8-6-19)34-16-24(29)25(30)17-34/h3-10,18,20,22,24-25H,11-17,30H2,1-2H3/t18-,22+,24+,25-/m1/s1. The van der Waals surface area contributed by atoms with Crippen molar-refractivity contribution in [3.63, 3.8) is 0 Å². The second-order valence-electron chi connectivity index (χ2n) is 10.9. The monoisotopic (exact) mass is 506 g/mol. The summed E-state index contributed by atoms with van der Waals surface area (Å²) in [6, 6.07) is 13.8. The van der Waals surface area contributed by atoms with Crippen LogP contribution in [0.3, 0.4) is 0 Å². The number of halogens is 1. The van der Waals surface area contributed by atoms with Crippen molar-refractivity contribution >= 4 is 22.4 Å². The summed E-state index contributed by atoms with van der Waals surface area (Å²) < 4.78 is 21.7. The number of rotatable bonds is 5. The van der Waals surface area contributed by atoms with Crippen LogP contribution in [0.2, 0.25) is 0 Å². The first-order valence-corrected chi connectivity index (χ1v) is 13.2. The third kappa shape index (κ3) is 4.71. The van der Waals surface area contributed by atoms with Crippen molar-refractivity contribution in [1.82, 2.24) is 14.5 Å². The van der Waals surface area contributed by atoms with Crippen molar-refractivity contribution in [3.05, 3.63) is 64.6 Å². The molecule has 5 heterocycles. The minimum atomic E-state index is -0.955. The number of hydrogen-bond acceptors (Lipinski definition) is 7. The van der Waals surface area contributed by atoms with Crippen molar-refractivity contribution in [1.29, 1.82) is 0 Å². The van der Waals surface area contributed by atoms with E-state index in [1.165, 1.54) is 5.56 Å². The fraction of sp³-hybridized carbons (Fsp3) is 0.500. The number of morpholine rings is 1. The molecule has 2 aromatic heterocycles. The molecule has 4 atom stereocenters. The van der Waals surface area contributed by atoms with E-state index in [4.69, 9.17) is 10.5 Å². The van der Waals surface area contributed by atoms with Crippen LogP contribution in [0.4, 0.5) is 15.8 Å². The number of pyridine rings is 2. The highest BCUT2D eigenvalue weighted by atomic mass is 19.1. The smallest absolute Gasteiger partial charge is 0.253 e. The van der Waals surface area contributed by atoms with Crippen LogP contribution < -0.4 is 21.1 Å². The SMILES string of the molecule is C[C@@H]1CN(c2cc(=O)n(C)c3ncccc23)C[C@H](CN2CC(c3ccc(N4C[C@@H](N)[C@@H](F)C4)cc3)C2)O1. The molecule has 196 valence electrons. The van der Waals surface area contributed by atoms with Crippen LogP contribution in [0, 0.1) is 0 Å². The van der Waals surface area contributed by atoms with Crippen LogP contribution in [-0.4, -0.2) is 84.7 Å². The Morgan fingerprint density at radius 1 is 1.05 bits per heavy atom. The molecule has 3 aliphatic rings. The number of aromatic nitrogens is 2. The first-order valence-electron chi connectivity index (χ1n) is 13.2. The van der Waals surface area contributed by atoms with E-state index in [9.17, 15) is 9.18 Å². The van der Waals surface area contributed by atoms with Gasteiger partial charge in [0.05, 0.1) is 30.5 Å². The molecule has 0 spiro atoms. The molecule has 3 saturated heterocycles. The fourth-order valence-corrected chi connectivity index (χ4v) is 6.04. The number of benzene rings is 1. The number of likely N-dealkylation sites (tertiary alicyclic amines) is 1. The Balaban J connectivity index is 1.08. The summed E-state index contributed by atoms with van der Waals surface area (Å²) in [5.41, 5.74) is 9.79. The third-order valence-corrected chi connectivity index (χ3v) is 8.08. The molecule has 6 rings (SSSR count). The molecule has 0 saturated carbocycles. The Labute approximate surface area is 216 Å². The Morgan fingerprint density at radius 3 is 2.57 bits per heavy atom. The number of nitrogens with two attached hydrogens (primary N) is 1. The molecule has 1 aromatic carbocycles. The van der Waals surface area contributed by atoms with E-state index in [0.29, 0.717) is 24.7 Å². The number of fused-ring (bicyclic) bond motifs is 1. The van der Waals surface area contributed by atoms with Gasteiger partial charge in [0, 0.05) is 75.6 Å². The van der Waals surface area contributed by atoms with Crippen molar-refractivity contribution < 1.29 is 9.13 Å². The lowest BCUT2D eigenvalue weighted by atomic mass is 9.91. The maximum Gasteiger partial charge on any atom is 0.253 e. The first-order chi connectivity index (χ1) is 17.9. The molecule has 3 aromatic rings. The zero-order valence-corrected chi connectivity index (χ0v) is 21.5. The van der Waals surface area contributed by atoms with E-state index in [0.717, 1.165) is 49.5 Å². The summed E-state index contributed by atoms with van der Waals surface area (Å²) in [5, 5.41) is 0.989. The van der Waals surface area contributed by atoms with Gasteiger partial charge in [-0.1, -0.05) is 12.1 Å². The van der Waals surface area contributed by atoms with E-state index in [1.807, 2.05) is 17.0 Å². The minimum Gasteiger partial charge on any atom is -0.370 e. The lowest BCUT2D eigenvalue weighted by Gasteiger charge is -2.45. The Morgan fingerprint density at radius 2 is 1.84 bits per heavy atom. The van der Waals surface area contributed by atoms with E-state index in [-0.39, 0.29) is 17.8 Å². The van der Waals surface area contributed by atoms with E-state index < -0.39 is 12.2 Å². The zero-order chi connectivity index (χ0) is 25.7. The van der Waals surface area contributed by atoms with Crippen LogP contribution in [0.25, 0.3) is 11.0 Å². The predicted molar refractivity (Wildman–Crippen MR) is 144 cm³/mol. The van der Waals surface area contributed by atoms with Gasteiger partial charge in [-0.3, -0.25) is 14.3 Å². The van der Waals surface area contributed by atoms with E-state index in [1.54, 1.807) is 23.9 Å². The Bertz CT molecular complexity index is 1310. The Kier molecular flexibility index (Phi) is 6.38. The molecule has 0 amide bonds. The van der Waals surface area contributed by atoms with E-state index in [2.05, 4.69) is 46.0 Å². The van der Waals surface area contributed by atoms with Gasteiger partial charge in [0.2, 0.25) is 0 Å². The van der Waals surface area contributed by atoms with Crippen molar-refractivity contribution in [2.24, 2.45) is 12.8 Å². The quantitative estimate of drug-likeness (QED) is 0.568. The van der Waals surface area contributed by atoms with Gasteiger partial charge >= 0.3 is 0 Å². The molecule has 0 aliphatic carbocycles. The van der Waals surface area contributed by atoms with Crippen molar-refractivity contribution in [2.45, 2.75) is 37.3 Å². The normalized spacial score (nSPS) is 27.1. The number of hydrogen-bond donors (Lipinski definition) is 1. The van der Waals surface area contributed by atoms with Crippen LogP contribution in [0.5, 0.6) is 0 Å². The van der Waals surface area contributed by atoms with Crippen LogP contribution in [0.15, 0.2) is 53.5 Å². The average molecular weight is 507 g/mol. The zero-order valence-electron chi connectivity index (χ0n) is 21.5. The molecule has 3 aliphatic heterocycles. The first kappa shape index (κ1) is 24.3. The highest BCUT2D eigenvalue weighted by molar-refractivity contribution is 5.89. The number of ether oxygens (including phenoxy) is 1. The van der Waals surface area contributed by atoms with Gasteiger partial charge in [-0.25, -0.2) is 9.37 Å². The molecule has 37 heavy (non-hydrogen) atoms. The van der Waals surface area contributed by atoms with Gasteiger partial charge in [-0.05, 0) is 36.8 Å². The lowest BCUT2D eigenvalue weighted by molar-refractivity contribution is -0.0434. The van der Waals surface area contributed by atoms with Crippen molar-refractivity contribution in [2.75, 3.05) is 55.6 Å². The second kappa shape index (κ2) is 9.70. The molecule has 0 bridgehead atoms. The lowest BCUT2D eigenvalue weighted by Crippen LogP contribution is -2.55. The summed E-state index contributed by atoms with van der Waals surface area (Å²) in [6.07, 6.45) is 0.909. The van der Waals surface area contributed by atoms with Crippen molar-refractivity contribution in [3.8, 4) is 0 Å². The minimum absolute atomic E-state index is 0.0504. The summed E-state index contributed by atoms with van der Waals surface area (Å²) in [5.74, 6) is 0.494. The second-order valence-corrected chi connectivity index (χ2v) is 10.9. The number of nitrogens with zero attached hydrogens (tertiary/aromatic N) is 5. The predicted octanol–water partition coefficient (Wildman–Crippen LogP) is 2.11. The van der Waals surface area contributed by atoms with Crippen LogP contribution in [-0.2, 0) is 11.8 Å². The largest absolute Gasteiger partial charge is 0.370 e. The average Bonchev–Trinajstić information content (AvgIpc) is 3.21. The molecule has 2 N–H and O–H groups in total. The third-order valence-electron chi connectivity index (χ3n) is 8.08. The molecule has 8 nitrogen and oxygen atoms in total. The molecule has 0 unspecified atom stereocenters.